The SMILES string of the molecule is CC(C)(N)CCC(=O)NCCNS(C)(=O)=O. The number of nitrogens with two attached hydrogens (primary N) is 1. The summed E-state index contributed by atoms with van der Waals surface area (Å²) >= 11 is 0. The Hall–Kier alpha value is -0.660. The van der Waals surface area contributed by atoms with Crippen molar-refractivity contribution in [2.45, 2.75) is 32.2 Å². The number of carbonyl (C=O) groups excluding carboxylic acids is 1. The highest BCUT2D eigenvalue weighted by atomic mass is 32.2. The predicted octanol–water partition coefficient (Wildman–Crippen LogP) is -0.831. The summed E-state index contributed by atoms with van der Waals surface area (Å²) in [5.41, 5.74) is 5.37. The number of hydrogen-bond donors (Lipinski definition) is 3. The average Bonchev–Trinajstić information content (AvgIpc) is 2.06. The third kappa shape index (κ3) is 11.4. The molecule has 7 heteroatoms. The standard InChI is InChI=1S/C9H21N3O3S/c1-9(2,10)5-4-8(13)11-6-7-12-16(3,14)15/h12H,4-7,10H2,1-3H3,(H,11,13). The molecule has 0 aromatic rings. The highest BCUT2D eigenvalue weighted by Gasteiger charge is 2.12. The maximum Gasteiger partial charge on any atom is 0.220 e. The molecule has 16 heavy (non-hydrogen) atoms. The Kier molecular flexibility index (Phi) is 5.91. The van der Waals surface area contributed by atoms with Crippen LogP contribution in [0.1, 0.15) is 26.7 Å². The third-order valence-electron chi connectivity index (χ3n) is 1.81. The molecular weight excluding hydrogens is 230 g/mol. The lowest BCUT2D eigenvalue weighted by Crippen LogP contribution is -2.37. The molecule has 0 atom stereocenters. The summed E-state index contributed by atoms with van der Waals surface area (Å²) in [6.07, 6.45) is 2.02. The van der Waals surface area contributed by atoms with Crippen LogP contribution in [0.5, 0.6) is 0 Å². The average molecular weight is 251 g/mol. The van der Waals surface area contributed by atoms with Crippen molar-refractivity contribution in [3.8, 4) is 0 Å². The normalized spacial score (nSPS) is 12.5. The van der Waals surface area contributed by atoms with Gasteiger partial charge in [-0.3, -0.25) is 4.79 Å². The van der Waals surface area contributed by atoms with Gasteiger partial charge in [0.15, 0.2) is 0 Å². The molecule has 0 aliphatic rings. The summed E-state index contributed by atoms with van der Waals surface area (Å²) in [6.45, 7) is 4.20. The number of carbonyl (C=O) groups is 1. The largest absolute Gasteiger partial charge is 0.355 e. The van der Waals surface area contributed by atoms with Crippen LogP contribution in [-0.4, -0.2) is 39.2 Å². The number of nitrogens with one attached hydrogen (secondary N) is 2. The quantitative estimate of drug-likeness (QED) is 0.514. The minimum atomic E-state index is -3.18. The first-order chi connectivity index (χ1) is 7.10. The van der Waals surface area contributed by atoms with Gasteiger partial charge in [0.2, 0.25) is 15.9 Å². The van der Waals surface area contributed by atoms with E-state index in [1.54, 1.807) is 0 Å². The van der Waals surface area contributed by atoms with E-state index in [4.69, 9.17) is 5.73 Å². The van der Waals surface area contributed by atoms with E-state index < -0.39 is 10.0 Å². The van der Waals surface area contributed by atoms with E-state index in [-0.39, 0.29) is 24.5 Å². The molecule has 0 aliphatic heterocycles. The Morgan fingerprint density at radius 1 is 1.31 bits per heavy atom. The maximum atomic E-state index is 11.3. The van der Waals surface area contributed by atoms with Crippen molar-refractivity contribution in [2.24, 2.45) is 5.73 Å². The Morgan fingerprint density at radius 2 is 1.88 bits per heavy atom. The number of rotatable bonds is 7. The molecule has 0 aromatic carbocycles. The van der Waals surface area contributed by atoms with Gasteiger partial charge in [0, 0.05) is 25.0 Å². The minimum absolute atomic E-state index is 0.117. The smallest absolute Gasteiger partial charge is 0.220 e. The fourth-order valence-corrected chi connectivity index (χ4v) is 1.44. The number of hydrogen-bond acceptors (Lipinski definition) is 4. The first-order valence-electron chi connectivity index (χ1n) is 5.10. The first kappa shape index (κ1) is 15.3. The molecule has 0 fully saturated rings. The maximum absolute atomic E-state index is 11.3. The molecular formula is C9H21N3O3S. The van der Waals surface area contributed by atoms with Gasteiger partial charge >= 0.3 is 0 Å². The molecule has 0 spiro atoms. The molecule has 0 heterocycles. The zero-order valence-corrected chi connectivity index (χ0v) is 10.9. The Labute approximate surface area is 97.0 Å². The molecule has 0 unspecified atom stereocenters. The van der Waals surface area contributed by atoms with Gasteiger partial charge < -0.3 is 11.1 Å². The van der Waals surface area contributed by atoms with Crippen LogP contribution in [0.25, 0.3) is 0 Å². The van der Waals surface area contributed by atoms with Crippen LogP contribution in [0, 0.1) is 0 Å². The van der Waals surface area contributed by atoms with E-state index in [2.05, 4.69) is 10.0 Å². The van der Waals surface area contributed by atoms with Gasteiger partial charge in [0.1, 0.15) is 0 Å². The van der Waals surface area contributed by atoms with Crippen molar-refractivity contribution < 1.29 is 13.2 Å². The van der Waals surface area contributed by atoms with Crippen LogP contribution in [0.3, 0.4) is 0 Å². The zero-order valence-electron chi connectivity index (χ0n) is 10.0. The number of amides is 1. The highest BCUT2D eigenvalue weighted by Crippen LogP contribution is 2.06. The van der Waals surface area contributed by atoms with Crippen molar-refractivity contribution in [3.05, 3.63) is 0 Å². The molecule has 0 rings (SSSR count). The second-order valence-electron chi connectivity index (χ2n) is 4.51. The van der Waals surface area contributed by atoms with Crippen molar-refractivity contribution >= 4 is 15.9 Å². The molecule has 1 amide bonds. The monoisotopic (exact) mass is 251 g/mol. The zero-order chi connectivity index (χ0) is 12.8. The molecule has 0 bridgehead atoms. The van der Waals surface area contributed by atoms with Gasteiger partial charge in [-0.05, 0) is 20.3 Å². The predicted molar refractivity (Wildman–Crippen MR) is 63.4 cm³/mol. The van der Waals surface area contributed by atoms with Crippen molar-refractivity contribution in [3.63, 3.8) is 0 Å². The fourth-order valence-electron chi connectivity index (χ4n) is 0.962. The molecule has 4 N–H and O–H groups in total. The second-order valence-corrected chi connectivity index (χ2v) is 6.34. The van der Waals surface area contributed by atoms with Gasteiger partial charge in [-0.1, -0.05) is 0 Å². The Morgan fingerprint density at radius 3 is 2.31 bits per heavy atom. The van der Waals surface area contributed by atoms with E-state index >= 15 is 0 Å². The van der Waals surface area contributed by atoms with E-state index in [1.807, 2.05) is 13.8 Å². The number of sulfonamides is 1. The van der Waals surface area contributed by atoms with E-state index in [0.29, 0.717) is 12.8 Å². The van der Waals surface area contributed by atoms with Crippen molar-refractivity contribution in [2.75, 3.05) is 19.3 Å². The molecule has 0 radical (unpaired) electrons. The summed E-state index contributed by atoms with van der Waals surface area (Å²) < 4.78 is 23.7. The van der Waals surface area contributed by atoms with Gasteiger partial charge in [-0.2, -0.15) is 0 Å². The lowest BCUT2D eigenvalue weighted by atomic mass is 10.00. The molecule has 0 saturated carbocycles. The molecule has 0 aromatic heterocycles. The van der Waals surface area contributed by atoms with Gasteiger partial charge in [-0.15, -0.1) is 0 Å². The topological polar surface area (TPSA) is 101 Å². The van der Waals surface area contributed by atoms with Crippen molar-refractivity contribution in [1.29, 1.82) is 0 Å². The van der Waals surface area contributed by atoms with Gasteiger partial charge in [0.05, 0.1) is 6.26 Å². The summed E-state index contributed by atoms with van der Waals surface area (Å²) in [7, 11) is -3.18. The Balaban J connectivity index is 3.60. The van der Waals surface area contributed by atoms with Crippen LogP contribution >= 0.6 is 0 Å². The summed E-state index contributed by atoms with van der Waals surface area (Å²) in [4.78, 5) is 11.3. The highest BCUT2D eigenvalue weighted by molar-refractivity contribution is 7.88. The van der Waals surface area contributed by atoms with Crippen LogP contribution in [-0.2, 0) is 14.8 Å². The van der Waals surface area contributed by atoms with Crippen molar-refractivity contribution in [1.82, 2.24) is 10.0 Å². The van der Waals surface area contributed by atoms with E-state index in [1.165, 1.54) is 0 Å². The third-order valence-corrected chi connectivity index (χ3v) is 2.54. The van der Waals surface area contributed by atoms with E-state index in [0.717, 1.165) is 6.26 Å². The molecule has 0 aliphatic carbocycles. The van der Waals surface area contributed by atoms with Gasteiger partial charge in [0.25, 0.3) is 0 Å². The minimum Gasteiger partial charge on any atom is -0.355 e. The van der Waals surface area contributed by atoms with Crippen LogP contribution in [0.15, 0.2) is 0 Å². The summed E-state index contributed by atoms with van der Waals surface area (Å²) in [5.74, 6) is -0.117. The molecule has 6 nitrogen and oxygen atoms in total. The fraction of sp³-hybridized carbons (Fsp3) is 0.889. The summed E-state index contributed by atoms with van der Waals surface area (Å²) in [5, 5.41) is 2.61. The van der Waals surface area contributed by atoms with Crippen LogP contribution in [0.2, 0.25) is 0 Å². The first-order valence-corrected chi connectivity index (χ1v) is 6.99. The van der Waals surface area contributed by atoms with Gasteiger partial charge in [-0.25, -0.2) is 13.1 Å². The lowest BCUT2D eigenvalue weighted by Gasteiger charge is -2.17. The summed E-state index contributed by atoms with van der Waals surface area (Å²) in [6, 6.07) is 0. The molecule has 96 valence electrons. The Bertz CT molecular complexity index is 319. The van der Waals surface area contributed by atoms with Crippen LogP contribution < -0.4 is 15.8 Å². The lowest BCUT2D eigenvalue weighted by molar-refractivity contribution is -0.121. The molecule has 0 saturated heterocycles. The van der Waals surface area contributed by atoms with Crippen LogP contribution in [0.4, 0.5) is 0 Å². The second kappa shape index (κ2) is 6.17. The van der Waals surface area contributed by atoms with E-state index in [9.17, 15) is 13.2 Å².